The van der Waals surface area contributed by atoms with E-state index < -0.39 is 5.91 Å². The molecule has 2 aromatic rings. The van der Waals surface area contributed by atoms with Crippen molar-refractivity contribution >= 4 is 23.2 Å². The normalized spacial score (nSPS) is 14.2. The fraction of sp³-hybridized carbons (Fsp3) is 0.263. The standard InChI is InChI=1S/C19H19ClN2O2/c1-12(14-7-6-13-4-2-3-5-15(13)10-14)21-22-19(24)17-11-16(20)8-9-18(17)23/h6-11,23H,2-5H2,1H3,(H,22,24). The van der Waals surface area contributed by atoms with Gasteiger partial charge in [-0.2, -0.15) is 5.10 Å². The van der Waals surface area contributed by atoms with Crippen molar-refractivity contribution in [2.75, 3.05) is 0 Å². The number of phenolic OH excluding ortho intramolecular Hbond substituents is 1. The van der Waals surface area contributed by atoms with Crippen molar-refractivity contribution in [1.29, 1.82) is 0 Å². The van der Waals surface area contributed by atoms with E-state index in [0.29, 0.717) is 5.02 Å². The number of hydrogen-bond donors (Lipinski definition) is 2. The highest BCUT2D eigenvalue weighted by atomic mass is 35.5. The van der Waals surface area contributed by atoms with Gasteiger partial charge in [0.15, 0.2) is 0 Å². The summed E-state index contributed by atoms with van der Waals surface area (Å²) < 4.78 is 0. The summed E-state index contributed by atoms with van der Waals surface area (Å²) in [5.74, 6) is -0.620. The van der Waals surface area contributed by atoms with Crippen molar-refractivity contribution in [3.63, 3.8) is 0 Å². The summed E-state index contributed by atoms with van der Waals surface area (Å²) in [5.41, 5.74) is 7.07. The van der Waals surface area contributed by atoms with Gasteiger partial charge >= 0.3 is 0 Å². The zero-order valence-corrected chi connectivity index (χ0v) is 14.2. The second-order valence-electron chi connectivity index (χ2n) is 5.99. The first-order valence-electron chi connectivity index (χ1n) is 8.00. The molecular formula is C19H19ClN2O2. The lowest BCUT2D eigenvalue weighted by atomic mass is 9.90. The molecular weight excluding hydrogens is 324 g/mol. The van der Waals surface area contributed by atoms with Gasteiger partial charge in [0.25, 0.3) is 5.91 Å². The third-order valence-corrected chi connectivity index (χ3v) is 4.53. The van der Waals surface area contributed by atoms with Crippen molar-refractivity contribution < 1.29 is 9.90 Å². The Hall–Kier alpha value is -2.33. The van der Waals surface area contributed by atoms with E-state index in [2.05, 4.69) is 22.7 Å². The molecule has 0 aliphatic heterocycles. The van der Waals surface area contributed by atoms with E-state index in [0.717, 1.165) is 24.1 Å². The number of hydrazone groups is 1. The molecule has 2 N–H and O–H groups in total. The summed E-state index contributed by atoms with van der Waals surface area (Å²) in [5, 5.41) is 14.3. The maximum absolute atomic E-state index is 12.1. The number of hydrogen-bond acceptors (Lipinski definition) is 3. The van der Waals surface area contributed by atoms with E-state index in [-0.39, 0.29) is 11.3 Å². The monoisotopic (exact) mass is 342 g/mol. The van der Waals surface area contributed by atoms with Crippen molar-refractivity contribution in [2.45, 2.75) is 32.6 Å². The fourth-order valence-electron chi connectivity index (χ4n) is 2.91. The number of fused-ring (bicyclic) bond motifs is 1. The minimum atomic E-state index is -0.493. The van der Waals surface area contributed by atoms with Crippen molar-refractivity contribution in [1.82, 2.24) is 5.43 Å². The number of nitrogens with zero attached hydrogens (tertiary/aromatic N) is 1. The average molecular weight is 343 g/mol. The molecule has 0 radical (unpaired) electrons. The first kappa shape index (κ1) is 16.5. The third-order valence-electron chi connectivity index (χ3n) is 4.29. The summed E-state index contributed by atoms with van der Waals surface area (Å²) >= 11 is 5.86. The highest BCUT2D eigenvalue weighted by molar-refractivity contribution is 6.31. The lowest BCUT2D eigenvalue weighted by molar-refractivity contribution is 0.0952. The van der Waals surface area contributed by atoms with Crippen LogP contribution in [0, 0.1) is 0 Å². The van der Waals surface area contributed by atoms with Crippen LogP contribution in [0.25, 0.3) is 0 Å². The summed E-state index contributed by atoms with van der Waals surface area (Å²) in [4.78, 5) is 12.1. The highest BCUT2D eigenvalue weighted by Crippen LogP contribution is 2.23. The van der Waals surface area contributed by atoms with Crippen LogP contribution in [0.1, 0.15) is 46.8 Å². The summed E-state index contributed by atoms with van der Waals surface area (Å²) in [6.45, 7) is 1.85. The SMILES string of the molecule is CC(=NNC(=O)c1cc(Cl)ccc1O)c1ccc2c(c1)CCCC2. The smallest absolute Gasteiger partial charge is 0.275 e. The van der Waals surface area contributed by atoms with Gasteiger partial charge in [-0.05, 0) is 73.6 Å². The van der Waals surface area contributed by atoms with Gasteiger partial charge in [0.2, 0.25) is 0 Å². The zero-order valence-electron chi connectivity index (χ0n) is 13.5. The van der Waals surface area contributed by atoms with Gasteiger partial charge in [-0.1, -0.05) is 23.7 Å². The Labute approximate surface area is 146 Å². The van der Waals surface area contributed by atoms with E-state index in [4.69, 9.17) is 11.6 Å². The van der Waals surface area contributed by atoms with Gasteiger partial charge in [0.1, 0.15) is 5.75 Å². The van der Waals surface area contributed by atoms with E-state index in [1.54, 1.807) is 0 Å². The lowest BCUT2D eigenvalue weighted by Gasteiger charge is -2.16. The van der Waals surface area contributed by atoms with E-state index in [1.807, 2.05) is 13.0 Å². The molecule has 3 rings (SSSR count). The topological polar surface area (TPSA) is 61.7 Å². The summed E-state index contributed by atoms with van der Waals surface area (Å²) in [7, 11) is 0. The number of carbonyl (C=O) groups excluding carboxylic acids is 1. The molecule has 4 nitrogen and oxygen atoms in total. The van der Waals surface area contributed by atoms with Gasteiger partial charge in [-0.15, -0.1) is 0 Å². The predicted octanol–water partition coefficient (Wildman–Crippen LogP) is 4.08. The number of nitrogens with one attached hydrogen (secondary N) is 1. The molecule has 0 bridgehead atoms. The molecule has 5 heteroatoms. The van der Waals surface area contributed by atoms with Crippen LogP contribution < -0.4 is 5.43 Å². The molecule has 0 spiro atoms. The maximum Gasteiger partial charge on any atom is 0.275 e. The Balaban J connectivity index is 1.76. The van der Waals surface area contributed by atoms with Gasteiger partial charge < -0.3 is 5.11 Å². The summed E-state index contributed by atoms with van der Waals surface area (Å²) in [6.07, 6.45) is 4.70. The van der Waals surface area contributed by atoms with E-state index in [1.165, 1.54) is 42.2 Å². The van der Waals surface area contributed by atoms with Crippen LogP contribution in [0.4, 0.5) is 0 Å². The Morgan fingerprint density at radius 1 is 1.12 bits per heavy atom. The molecule has 0 fully saturated rings. The van der Waals surface area contributed by atoms with Gasteiger partial charge in [0.05, 0.1) is 11.3 Å². The summed E-state index contributed by atoms with van der Waals surface area (Å²) in [6, 6.07) is 10.7. The zero-order chi connectivity index (χ0) is 17.1. The van der Waals surface area contributed by atoms with Crippen LogP contribution in [0.3, 0.4) is 0 Å². The van der Waals surface area contributed by atoms with Crippen LogP contribution in [0.5, 0.6) is 5.75 Å². The number of carbonyl (C=O) groups is 1. The molecule has 1 aliphatic rings. The van der Waals surface area contributed by atoms with Crippen LogP contribution >= 0.6 is 11.6 Å². The number of rotatable bonds is 3. The molecule has 2 aromatic carbocycles. The molecule has 0 heterocycles. The van der Waals surface area contributed by atoms with Gasteiger partial charge in [-0.3, -0.25) is 4.79 Å². The molecule has 124 valence electrons. The predicted molar refractivity (Wildman–Crippen MR) is 95.9 cm³/mol. The quantitative estimate of drug-likeness (QED) is 0.652. The minimum Gasteiger partial charge on any atom is -0.507 e. The number of aryl methyl sites for hydroxylation is 2. The number of aromatic hydroxyl groups is 1. The molecule has 0 atom stereocenters. The van der Waals surface area contributed by atoms with Crippen LogP contribution in [0.15, 0.2) is 41.5 Å². The van der Waals surface area contributed by atoms with Crippen LogP contribution in [-0.2, 0) is 12.8 Å². The lowest BCUT2D eigenvalue weighted by Crippen LogP contribution is -2.19. The van der Waals surface area contributed by atoms with Gasteiger partial charge in [-0.25, -0.2) is 5.43 Å². The Bertz CT molecular complexity index is 815. The number of phenols is 1. The number of halogens is 1. The van der Waals surface area contributed by atoms with Crippen molar-refractivity contribution in [3.8, 4) is 5.75 Å². The molecule has 0 unspecified atom stereocenters. The van der Waals surface area contributed by atoms with Crippen molar-refractivity contribution in [3.05, 3.63) is 63.7 Å². The highest BCUT2D eigenvalue weighted by Gasteiger charge is 2.13. The van der Waals surface area contributed by atoms with Crippen molar-refractivity contribution in [2.24, 2.45) is 5.10 Å². The molecule has 1 aliphatic carbocycles. The Morgan fingerprint density at radius 3 is 2.67 bits per heavy atom. The third kappa shape index (κ3) is 3.60. The molecule has 0 saturated carbocycles. The first-order chi connectivity index (χ1) is 11.5. The second-order valence-corrected chi connectivity index (χ2v) is 6.43. The molecule has 0 aromatic heterocycles. The molecule has 0 saturated heterocycles. The Kier molecular flexibility index (Phi) is 4.86. The number of benzene rings is 2. The van der Waals surface area contributed by atoms with Crippen LogP contribution in [-0.4, -0.2) is 16.7 Å². The maximum atomic E-state index is 12.1. The van der Waals surface area contributed by atoms with Crippen LogP contribution in [0.2, 0.25) is 5.02 Å². The number of amides is 1. The first-order valence-corrected chi connectivity index (χ1v) is 8.38. The average Bonchev–Trinajstić information content (AvgIpc) is 2.61. The largest absolute Gasteiger partial charge is 0.507 e. The van der Waals surface area contributed by atoms with E-state index >= 15 is 0 Å². The van der Waals surface area contributed by atoms with E-state index in [9.17, 15) is 9.90 Å². The fourth-order valence-corrected chi connectivity index (χ4v) is 3.08. The Morgan fingerprint density at radius 2 is 1.88 bits per heavy atom. The minimum absolute atomic E-state index is 0.101. The second kappa shape index (κ2) is 7.05. The van der Waals surface area contributed by atoms with Gasteiger partial charge in [0, 0.05) is 5.02 Å². The molecule has 1 amide bonds. The molecule has 24 heavy (non-hydrogen) atoms.